The van der Waals surface area contributed by atoms with Crippen LogP contribution in [0.25, 0.3) is 0 Å². The third-order valence-electron chi connectivity index (χ3n) is 4.32. The van der Waals surface area contributed by atoms with Crippen LogP contribution in [-0.4, -0.2) is 23.4 Å². The molecule has 0 bridgehead atoms. The van der Waals surface area contributed by atoms with E-state index in [1.807, 2.05) is 0 Å². The lowest BCUT2D eigenvalue weighted by atomic mass is 9.84. The zero-order valence-corrected chi connectivity index (χ0v) is 10.4. The fourth-order valence-corrected chi connectivity index (χ4v) is 3.45. The Morgan fingerprint density at radius 2 is 1.87 bits per heavy atom. The number of carbonyl (C=O) groups excluding carboxylic acids is 1. The van der Waals surface area contributed by atoms with Gasteiger partial charge in [-0.15, -0.1) is 0 Å². The Hall–Kier alpha value is -0.530. The van der Waals surface area contributed by atoms with Crippen molar-refractivity contribution in [1.29, 1.82) is 0 Å². The summed E-state index contributed by atoms with van der Waals surface area (Å²) in [5, 5.41) is 0. The molecule has 86 valence electrons. The van der Waals surface area contributed by atoms with E-state index < -0.39 is 0 Å². The third-order valence-corrected chi connectivity index (χ3v) is 4.32. The first-order valence-electron chi connectivity index (χ1n) is 6.32. The number of likely N-dealkylation sites (tertiary alicyclic amines) is 1. The molecule has 2 fully saturated rings. The summed E-state index contributed by atoms with van der Waals surface area (Å²) in [7, 11) is 0. The van der Waals surface area contributed by atoms with Crippen LogP contribution in [0.15, 0.2) is 0 Å². The van der Waals surface area contributed by atoms with Crippen LogP contribution in [0, 0.1) is 23.7 Å². The van der Waals surface area contributed by atoms with Gasteiger partial charge in [0.2, 0.25) is 5.91 Å². The van der Waals surface area contributed by atoms with E-state index in [-0.39, 0.29) is 0 Å². The molecule has 1 aliphatic heterocycles. The van der Waals surface area contributed by atoms with Gasteiger partial charge < -0.3 is 4.90 Å². The van der Waals surface area contributed by atoms with Crippen molar-refractivity contribution in [2.75, 3.05) is 6.54 Å². The first-order chi connectivity index (χ1) is 7.02. The first kappa shape index (κ1) is 11.0. The number of amides is 1. The van der Waals surface area contributed by atoms with Gasteiger partial charge in [-0.05, 0) is 44.4 Å². The lowest BCUT2D eigenvalue weighted by molar-refractivity contribution is -0.134. The molecule has 2 aliphatic rings. The predicted molar refractivity (Wildman–Crippen MR) is 61.4 cm³/mol. The van der Waals surface area contributed by atoms with Crippen molar-refractivity contribution >= 4 is 5.91 Å². The molecule has 15 heavy (non-hydrogen) atoms. The lowest BCUT2D eigenvalue weighted by Gasteiger charge is -2.25. The molecule has 2 heteroatoms. The van der Waals surface area contributed by atoms with Crippen molar-refractivity contribution in [3.05, 3.63) is 0 Å². The number of carbonyl (C=O) groups is 1. The van der Waals surface area contributed by atoms with Crippen LogP contribution in [0.3, 0.4) is 0 Å². The topological polar surface area (TPSA) is 20.3 Å². The summed E-state index contributed by atoms with van der Waals surface area (Å²) in [4.78, 5) is 14.4. The standard InChI is InChI=1S/C13H23NO/c1-8(2)11-6-5-10-7-14(9(3)4)13(15)12(10)11/h8-12H,5-7H2,1-4H3. The van der Waals surface area contributed by atoms with Crippen LogP contribution < -0.4 is 0 Å². The van der Waals surface area contributed by atoms with Crippen molar-refractivity contribution in [1.82, 2.24) is 4.90 Å². The second kappa shape index (κ2) is 3.80. The zero-order chi connectivity index (χ0) is 11.2. The second-order valence-corrected chi connectivity index (χ2v) is 5.86. The summed E-state index contributed by atoms with van der Waals surface area (Å²) in [5.41, 5.74) is 0. The molecule has 1 saturated carbocycles. The van der Waals surface area contributed by atoms with E-state index in [9.17, 15) is 4.79 Å². The van der Waals surface area contributed by atoms with Gasteiger partial charge in [-0.1, -0.05) is 13.8 Å². The number of hydrogen-bond acceptors (Lipinski definition) is 1. The zero-order valence-electron chi connectivity index (χ0n) is 10.4. The van der Waals surface area contributed by atoms with Crippen LogP contribution >= 0.6 is 0 Å². The van der Waals surface area contributed by atoms with Crippen molar-refractivity contribution in [2.24, 2.45) is 23.7 Å². The summed E-state index contributed by atoms with van der Waals surface area (Å²) < 4.78 is 0. The molecule has 3 unspecified atom stereocenters. The minimum atomic E-state index is 0.354. The van der Waals surface area contributed by atoms with Gasteiger partial charge in [0.25, 0.3) is 0 Å². The molecule has 3 atom stereocenters. The molecule has 2 nitrogen and oxygen atoms in total. The number of fused-ring (bicyclic) bond motifs is 1. The highest BCUT2D eigenvalue weighted by molar-refractivity contribution is 5.82. The van der Waals surface area contributed by atoms with Gasteiger partial charge in [0.1, 0.15) is 0 Å². The average molecular weight is 209 g/mol. The summed E-state index contributed by atoms with van der Waals surface area (Å²) >= 11 is 0. The Bertz CT molecular complexity index is 259. The van der Waals surface area contributed by atoms with Crippen LogP contribution in [0.5, 0.6) is 0 Å². The Morgan fingerprint density at radius 3 is 2.40 bits per heavy atom. The van der Waals surface area contributed by atoms with E-state index in [1.165, 1.54) is 12.8 Å². The van der Waals surface area contributed by atoms with Gasteiger partial charge in [0.05, 0.1) is 0 Å². The molecule has 0 N–H and O–H groups in total. The van der Waals surface area contributed by atoms with Crippen molar-refractivity contribution < 1.29 is 4.79 Å². The first-order valence-corrected chi connectivity index (χ1v) is 6.32. The van der Waals surface area contributed by atoms with Gasteiger partial charge in [-0.3, -0.25) is 4.79 Å². The van der Waals surface area contributed by atoms with Crippen molar-refractivity contribution in [3.8, 4) is 0 Å². The van der Waals surface area contributed by atoms with Gasteiger partial charge in [0.15, 0.2) is 0 Å². The highest BCUT2D eigenvalue weighted by atomic mass is 16.2. The smallest absolute Gasteiger partial charge is 0.226 e. The molecule has 0 aromatic heterocycles. The molecule has 0 radical (unpaired) electrons. The summed E-state index contributed by atoms with van der Waals surface area (Å²) in [6.07, 6.45) is 2.53. The molecule has 1 saturated heterocycles. The molecular weight excluding hydrogens is 186 g/mol. The lowest BCUT2D eigenvalue weighted by Crippen LogP contribution is -2.35. The van der Waals surface area contributed by atoms with Crippen molar-refractivity contribution in [2.45, 2.75) is 46.6 Å². The van der Waals surface area contributed by atoms with Gasteiger partial charge in [0, 0.05) is 18.5 Å². The normalized spacial score (nSPS) is 35.7. The predicted octanol–water partition coefficient (Wildman–Crippen LogP) is 2.54. The molecule has 0 aromatic rings. The Morgan fingerprint density at radius 1 is 1.20 bits per heavy atom. The molecule has 1 amide bonds. The average Bonchev–Trinajstić information content (AvgIpc) is 2.66. The third kappa shape index (κ3) is 1.68. The molecule has 1 heterocycles. The maximum atomic E-state index is 12.3. The van der Waals surface area contributed by atoms with Gasteiger partial charge in [-0.25, -0.2) is 0 Å². The highest BCUT2D eigenvalue weighted by Gasteiger charge is 2.49. The van der Waals surface area contributed by atoms with Crippen LogP contribution in [0.1, 0.15) is 40.5 Å². The molecule has 2 rings (SSSR count). The highest BCUT2D eigenvalue weighted by Crippen LogP contribution is 2.46. The number of hydrogen-bond donors (Lipinski definition) is 0. The largest absolute Gasteiger partial charge is 0.340 e. The molecule has 1 aliphatic carbocycles. The van der Waals surface area contributed by atoms with Crippen LogP contribution in [-0.2, 0) is 4.79 Å². The van der Waals surface area contributed by atoms with E-state index in [0.29, 0.717) is 35.6 Å². The summed E-state index contributed by atoms with van der Waals surface area (Å²) in [6.45, 7) is 9.80. The summed E-state index contributed by atoms with van der Waals surface area (Å²) in [6, 6.07) is 0.385. The Labute approximate surface area is 93.0 Å². The molecular formula is C13H23NO. The van der Waals surface area contributed by atoms with Crippen LogP contribution in [0.4, 0.5) is 0 Å². The second-order valence-electron chi connectivity index (χ2n) is 5.86. The fraction of sp³-hybridized carbons (Fsp3) is 0.923. The van der Waals surface area contributed by atoms with E-state index in [0.717, 1.165) is 6.54 Å². The number of nitrogens with zero attached hydrogens (tertiary/aromatic N) is 1. The van der Waals surface area contributed by atoms with Gasteiger partial charge in [-0.2, -0.15) is 0 Å². The minimum absolute atomic E-state index is 0.354. The molecule has 0 aromatic carbocycles. The SMILES string of the molecule is CC(C)C1CCC2CN(C(C)C)C(=O)C21. The van der Waals surface area contributed by atoms with E-state index in [1.54, 1.807) is 0 Å². The maximum Gasteiger partial charge on any atom is 0.226 e. The van der Waals surface area contributed by atoms with E-state index in [2.05, 4.69) is 32.6 Å². The van der Waals surface area contributed by atoms with E-state index in [4.69, 9.17) is 0 Å². The molecule has 0 spiro atoms. The van der Waals surface area contributed by atoms with Crippen LogP contribution in [0.2, 0.25) is 0 Å². The van der Waals surface area contributed by atoms with Crippen molar-refractivity contribution in [3.63, 3.8) is 0 Å². The van der Waals surface area contributed by atoms with Gasteiger partial charge >= 0.3 is 0 Å². The summed E-state index contributed by atoms with van der Waals surface area (Å²) in [5.74, 6) is 2.76. The minimum Gasteiger partial charge on any atom is -0.340 e. The Kier molecular flexibility index (Phi) is 2.78. The Balaban J connectivity index is 2.14. The fourth-order valence-electron chi connectivity index (χ4n) is 3.45. The van der Waals surface area contributed by atoms with E-state index >= 15 is 0 Å². The number of rotatable bonds is 2. The maximum absolute atomic E-state index is 12.3. The quantitative estimate of drug-likeness (QED) is 0.684. The monoisotopic (exact) mass is 209 g/mol.